The Labute approximate surface area is 64.0 Å². The molecule has 1 saturated carbocycles. The lowest BCUT2D eigenvalue weighted by Crippen LogP contribution is -2.39. The van der Waals surface area contributed by atoms with E-state index in [1.165, 1.54) is 25.7 Å². The molecule has 1 nitrogen and oxygen atoms in total. The van der Waals surface area contributed by atoms with Crippen molar-refractivity contribution in [2.45, 2.75) is 45.6 Å². The van der Waals surface area contributed by atoms with Crippen LogP contribution in [0.1, 0.15) is 39.5 Å². The van der Waals surface area contributed by atoms with Gasteiger partial charge in [0.25, 0.3) is 0 Å². The van der Waals surface area contributed by atoms with Gasteiger partial charge in [-0.2, -0.15) is 0 Å². The number of hydrogen-bond donors (Lipinski definition) is 1. The molecule has 60 valence electrons. The lowest BCUT2D eigenvalue weighted by molar-refractivity contribution is 0.229. The van der Waals surface area contributed by atoms with E-state index in [1.54, 1.807) is 0 Å². The van der Waals surface area contributed by atoms with Crippen LogP contribution < -0.4 is 5.73 Å². The van der Waals surface area contributed by atoms with Crippen molar-refractivity contribution < 1.29 is 0 Å². The Morgan fingerprint density at radius 1 is 1.40 bits per heavy atom. The van der Waals surface area contributed by atoms with E-state index in [0.29, 0.717) is 6.04 Å². The van der Waals surface area contributed by atoms with Gasteiger partial charge in [-0.1, -0.05) is 26.7 Å². The fourth-order valence-electron chi connectivity index (χ4n) is 2.03. The molecule has 10 heavy (non-hydrogen) atoms. The van der Waals surface area contributed by atoms with Gasteiger partial charge in [-0.05, 0) is 24.7 Å². The Kier molecular flexibility index (Phi) is 2.72. The molecule has 0 saturated heterocycles. The molecule has 1 aliphatic rings. The van der Waals surface area contributed by atoms with E-state index in [2.05, 4.69) is 13.8 Å². The number of hydrogen-bond acceptors (Lipinski definition) is 1. The predicted molar refractivity (Wildman–Crippen MR) is 44.8 cm³/mol. The summed E-state index contributed by atoms with van der Waals surface area (Å²) in [5, 5.41) is 0. The zero-order chi connectivity index (χ0) is 7.56. The molecule has 0 aromatic carbocycles. The lowest BCUT2D eigenvalue weighted by atomic mass is 9.77. The number of rotatable bonds is 1. The van der Waals surface area contributed by atoms with Crippen molar-refractivity contribution in [3.05, 3.63) is 0 Å². The van der Waals surface area contributed by atoms with Crippen LogP contribution in [-0.4, -0.2) is 6.04 Å². The standard InChI is InChI=1S/C9H19N/c1-3-8-6-4-5-7(2)9(8)10/h7-9H,3-6,10H2,1-2H3/t7-,8+,9?/m1/s1. The molecule has 0 aromatic rings. The fraction of sp³-hybridized carbons (Fsp3) is 1.00. The zero-order valence-electron chi connectivity index (χ0n) is 7.14. The molecule has 0 heterocycles. The van der Waals surface area contributed by atoms with Crippen molar-refractivity contribution in [3.63, 3.8) is 0 Å². The molecule has 1 rings (SSSR count). The van der Waals surface area contributed by atoms with Crippen molar-refractivity contribution in [3.8, 4) is 0 Å². The third kappa shape index (κ3) is 1.51. The Hall–Kier alpha value is -0.0400. The van der Waals surface area contributed by atoms with Gasteiger partial charge >= 0.3 is 0 Å². The Morgan fingerprint density at radius 3 is 2.60 bits per heavy atom. The highest BCUT2D eigenvalue weighted by molar-refractivity contribution is 4.81. The predicted octanol–water partition coefficient (Wildman–Crippen LogP) is 2.16. The van der Waals surface area contributed by atoms with E-state index in [1.807, 2.05) is 0 Å². The molecular formula is C9H19N. The summed E-state index contributed by atoms with van der Waals surface area (Å²) in [7, 11) is 0. The lowest BCUT2D eigenvalue weighted by Gasteiger charge is -2.33. The molecule has 0 radical (unpaired) electrons. The first-order valence-electron chi connectivity index (χ1n) is 4.51. The van der Waals surface area contributed by atoms with Crippen LogP contribution in [0.4, 0.5) is 0 Å². The van der Waals surface area contributed by atoms with Gasteiger partial charge in [-0.25, -0.2) is 0 Å². The van der Waals surface area contributed by atoms with E-state index in [-0.39, 0.29) is 0 Å². The van der Waals surface area contributed by atoms with Crippen LogP contribution in [0.15, 0.2) is 0 Å². The topological polar surface area (TPSA) is 26.0 Å². The highest BCUT2D eigenvalue weighted by Crippen LogP contribution is 2.29. The second-order valence-electron chi connectivity index (χ2n) is 3.65. The third-order valence-corrected chi connectivity index (χ3v) is 2.96. The summed E-state index contributed by atoms with van der Waals surface area (Å²) in [4.78, 5) is 0. The second kappa shape index (κ2) is 3.38. The van der Waals surface area contributed by atoms with Crippen LogP contribution in [0, 0.1) is 11.8 Å². The molecule has 1 unspecified atom stereocenters. The van der Waals surface area contributed by atoms with Crippen LogP contribution in [0.5, 0.6) is 0 Å². The Morgan fingerprint density at radius 2 is 2.10 bits per heavy atom. The van der Waals surface area contributed by atoms with Crippen LogP contribution in [0.2, 0.25) is 0 Å². The van der Waals surface area contributed by atoms with Crippen LogP contribution in [0.3, 0.4) is 0 Å². The first-order chi connectivity index (χ1) is 4.75. The molecular weight excluding hydrogens is 122 g/mol. The molecule has 0 amide bonds. The zero-order valence-corrected chi connectivity index (χ0v) is 7.14. The van der Waals surface area contributed by atoms with Gasteiger partial charge in [0.15, 0.2) is 0 Å². The summed E-state index contributed by atoms with van der Waals surface area (Å²) in [5.74, 6) is 1.57. The highest BCUT2D eigenvalue weighted by atomic mass is 14.7. The van der Waals surface area contributed by atoms with Crippen molar-refractivity contribution in [2.75, 3.05) is 0 Å². The minimum absolute atomic E-state index is 0.485. The van der Waals surface area contributed by atoms with Crippen LogP contribution in [0.25, 0.3) is 0 Å². The van der Waals surface area contributed by atoms with E-state index < -0.39 is 0 Å². The van der Waals surface area contributed by atoms with Gasteiger partial charge in [0.05, 0.1) is 0 Å². The molecule has 0 bridgehead atoms. The van der Waals surface area contributed by atoms with E-state index in [4.69, 9.17) is 5.73 Å². The minimum Gasteiger partial charge on any atom is -0.327 e. The average Bonchev–Trinajstić information content (AvgIpc) is 1.95. The van der Waals surface area contributed by atoms with Gasteiger partial charge in [0, 0.05) is 6.04 Å². The molecule has 0 spiro atoms. The van der Waals surface area contributed by atoms with E-state index >= 15 is 0 Å². The quantitative estimate of drug-likeness (QED) is 0.595. The fourth-order valence-corrected chi connectivity index (χ4v) is 2.03. The van der Waals surface area contributed by atoms with E-state index in [0.717, 1.165) is 11.8 Å². The summed E-state index contributed by atoms with van der Waals surface area (Å²) in [6.45, 7) is 4.54. The van der Waals surface area contributed by atoms with Gasteiger partial charge < -0.3 is 5.73 Å². The Balaban J connectivity index is 2.42. The normalized spacial score (nSPS) is 41.7. The van der Waals surface area contributed by atoms with Crippen molar-refractivity contribution in [1.29, 1.82) is 0 Å². The average molecular weight is 141 g/mol. The molecule has 3 atom stereocenters. The Bertz CT molecular complexity index is 101. The van der Waals surface area contributed by atoms with E-state index in [9.17, 15) is 0 Å². The number of nitrogens with two attached hydrogens (primary N) is 1. The summed E-state index contributed by atoms with van der Waals surface area (Å²) < 4.78 is 0. The SMILES string of the molecule is CC[C@H]1CCC[C@@H](C)C1N. The van der Waals surface area contributed by atoms with Gasteiger partial charge in [-0.3, -0.25) is 0 Å². The highest BCUT2D eigenvalue weighted by Gasteiger charge is 2.25. The molecule has 1 heteroatoms. The summed E-state index contributed by atoms with van der Waals surface area (Å²) >= 11 is 0. The maximum Gasteiger partial charge on any atom is 0.00928 e. The van der Waals surface area contributed by atoms with Gasteiger partial charge in [-0.15, -0.1) is 0 Å². The van der Waals surface area contributed by atoms with Gasteiger partial charge in [0.1, 0.15) is 0 Å². The first-order valence-corrected chi connectivity index (χ1v) is 4.51. The molecule has 0 aromatic heterocycles. The third-order valence-electron chi connectivity index (χ3n) is 2.96. The van der Waals surface area contributed by atoms with Crippen LogP contribution >= 0.6 is 0 Å². The molecule has 2 N–H and O–H groups in total. The van der Waals surface area contributed by atoms with Crippen molar-refractivity contribution >= 4 is 0 Å². The minimum atomic E-state index is 0.485. The molecule has 1 aliphatic carbocycles. The largest absolute Gasteiger partial charge is 0.327 e. The van der Waals surface area contributed by atoms with Crippen molar-refractivity contribution in [2.24, 2.45) is 17.6 Å². The second-order valence-corrected chi connectivity index (χ2v) is 3.65. The maximum absolute atomic E-state index is 6.03. The smallest absolute Gasteiger partial charge is 0.00928 e. The monoisotopic (exact) mass is 141 g/mol. The molecule has 0 aliphatic heterocycles. The molecule has 1 fully saturated rings. The van der Waals surface area contributed by atoms with Crippen LogP contribution in [-0.2, 0) is 0 Å². The summed E-state index contributed by atoms with van der Waals surface area (Å²) in [6, 6.07) is 0.485. The first kappa shape index (κ1) is 8.06. The summed E-state index contributed by atoms with van der Waals surface area (Å²) in [5.41, 5.74) is 6.03. The maximum atomic E-state index is 6.03. The van der Waals surface area contributed by atoms with Crippen molar-refractivity contribution in [1.82, 2.24) is 0 Å². The van der Waals surface area contributed by atoms with Gasteiger partial charge in [0.2, 0.25) is 0 Å². The summed E-state index contributed by atoms with van der Waals surface area (Å²) in [6.07, 6.45) is 5.37.